The number of hydrogen-bond acceptors (Lipinski definition) is 4. The third-order valence-electron chi connectivity index (χ3n) is 2.86. The fourth-order valence-electron chi connectivity index (χ4n) is 1.88. The molecule has 2 rings (SSSR count). The molecule has 0 saturated carbocycles. The van der Waals surface area contributed by atoms with Gasteiger partial charge in [0.25, 0.3) is 0 Å². The summed E-state index contributed by atoms with van der Waals surface area (Å²) in [5.74, 6) is -0.606. The standard InChI is InChI=1S/C14H20O4/c1-14(2)17-10-13(18-14)12(15)9-16-8-11-6-4-3-5-7-11/h3-7,12-13,15H,8-10H2,1-2H3/t12-,13-/m0/s1. The van der Waals surface area contributed by atoms with Crippen molar-refractivity contribution in [3.05, 3.63) is 35.9 Å². The van der Waals surface area contributed by atoms with Crippen molar-refractivity contribution in [2.24, 2.45) is 0 Å². The highest BCUT2D eigenvalue weighted by molar-refractivity contribution is 5.13. The van der Waals surface area contributed by atoms with Crippen LogP contribution in [0.3, 0.4) is 0 Å². The summed E-state index contributed by atoms with van der Waals surface area (Å²) in [7, 11) is 0. The lowest BCUT2D eigenvalue weighted by Crippen LogP contribution is -2.34. The minimum absolute atomic E-state index is 0.249. The summed E-state index contributed by atoms with van der Waals surface area (Å²) in [6.07, 6.45) is -0.966. The lowest BCUT2D eigenvalue weighted by atomic mass is 10.2. The summed E-state index contributed by atoms with van der Waals surface area (Å²) in [6.45, 7) is 4.83. The predicted octanol–water partition coefficient (Wildman–Crippen LogP) is 1.72. The van der Waals surface area contributed by atoms with Crippen LogP contribution < -0.4 is 0 Å². The molecule has 1 N–H and O–H groups in total. The first-order valence-corrected chi connectivity index (χ1v) is 6.18. The first-order valence-electron chi connectivity index (χ1n) is 6.18. The van der Waals surface area contributed by atoms with E-state index in [9.17, 15) is 5.11 Å². The SMILES string of the molecule is CC1(C)OC[C@@H]([C@@H](O)COCc2ccccc2)O1. The molecule has 0 aliphatic carbocycles. The molecule has 4 heteroatoms. The molecule has 1 saturated heterocycles. The van der Waals surface area contributed by atoms with Gasteiger partial charge in [0, 0.05) is 0 Å². The molecule has 2 atom stereocenters. The van der Waals surface area contributed by atoms with E-state index in [1.165, 1.54) is 0 Å². The molecule has 0 radical (unpaired) electrons. The first-order chi connectivity index (χ1) is 8.57. The van der Waals surface area contributed by atoms with Gasteiger partial charge in [-0.15, -0.1) is 0 Å². The van der Waals surface area contributed by atoms with E-state index in [1.54, 1.807) is 0 Å². The second kappa shape index (κ2) is 5.80. The van der Waals surface area contributed by atoms with E-state index >= 15 is 0 Å². The summed E-state index contributed by atoms with van der Waals surface area (Å²) >= 11 is 0. The van der Waals surface area contributed by atoms with Crippen LogP contribution in [0.15, 0.2) is 30.3 Å². The minimum atomic E-state index is -0.657. The summed E-state index contributed by atoms with van der Waals surface area (Å²) in [5.41, 5.74) is 1.09. The number of ether oxygens (including phenoxy) is 3. The van der Waals surface area contributed by atoms with Crippen molar-refractivity contribution in [3.63, 3.8) is 0 Å². The third kappa shape index (κ3) is 3.78. The van der Waals surface area contributed by atoms with Gasteiger partial charge in [-0.2, -0.15) is 0 Å². The molecule has 0 unspecified atom stereocenters. The molecule has 18 heavy (non-hydrogen) atoms. The largest absolute Gasteiger partial charge is 0.388 e. The molecule has 1 aromatic carbocycles. The lowest BCUT2D eigenvalue weighted by molar-refractivity contribution is -0.156. The molecule has 0 spiro atoms. The van der Waals surface area contributed by atoms with Crippen LogP contribution in [0.1, 0.15) is 19.4 Å². The molecular weight excluding hydrogens is 232 g/mol. The van der Waals surface area contributed by atoms with Gasteiger partial charge in [-0.3, -0.25) is 0 Å². The number of aliphatic hydroxyl groups excluding tert-OH is 1. The molecular formula is C14H20O4. The Morgan fingerprint density at radius 1 is 1.39 bits per heavy atom. The average molecular weight is 252 g/mol. The van der Waals surface area contributed by atoms with Crippen LogP contribution in [-0.2, 0) is 20.8 Å². The molecule has 100 valence electrons. The molecule has 0 bridgehead atoms. The summed E-state index contributed by atoms with van der Waals surface area (Å²) in [5, 5.41) is 9.93. The maximum Gasteiger partial charge on any atom is 0.163 e. The first kappa shape index (κ1) is 13.5. The summed E-state index contributed by atoms with van der Waals surface area (Å²) < 4.78 is 16.4. The topological polar surface area (TPSA) is 47.9 Å². The average Bonchev–Trinajstić information content (AvgIpc) is 2.71. The Labute approximate surface area is 107 Å². The highest BCUT2D eigenvalue weighted by Gasteiger charge is 2.36. The molecule has 1 fully saturated rings. The summed E-state index contributed by atoms with van der Waals surface area (Å²) in [4.78, 5) is 0. The predicted molar refractivity (Wildman–Crippen MR) is 67.0 cm³/mol. The van der Waals surface area contributed by atoms with E-state index in [2.05, 4.69) is 0 Å². The zero-order valence-electron chi connectivity index (χ0n) is 10.8. The quantitative estimate of drug-likeness (QED) is 0.866. The van der Waals surface area contributed by atoms with Gasteiger partial charge < -0.3 is 19.3 Å². The Balaban J connectivity index is 1.71. The maximum absolute atomic E-state index is 9.93. The Bertz CT molecular complexity index is 363. The monoisotopic (exact) mass is 252 g/mol. The number of benzene rings is 1. The van der Waals surface area contributed by atoms with E-state index in [0.717, 1.165) is 5.56 Å². The van der Waals surface area contributed by atoms with Gasteiger partial charge in [0.2, 0.25) is 0 Å². The molecule has 0 amide bonds. The van der Waals surface area contributed by atoms with E-state index < -0.39 is 11.9 Å². The molecule has 0 aromatic heterocycles. The van der Waals surface area contributed by atoms with Crippen LogP contribution in [0.25, 0.3) is 0 Å². The second-order valence-corrected chi connectivity index (χ2v) is 4.94. The van der Waals surface area contributed by atoms with Crippen molar-refractivity contribution in [1.82, 2.24) is 0 Å². The second-order valence-electron chi connectivity index (χ2n) is 4.94. The smallest absolute Gasteiger partial charge is 0.163 e. The van der Waals surface area contributed by atoms with Crippen molar-refractivity contribution in [2.75, 3.05) is 13.2 Å². The van der Waals surface area contributed by atoms with Crippen LogP contribution in [0, 0.1) is 0 Å². The van der Waals surface area contributed by atoms with Gasteiger partial charge in [-0.25, -0.2) is 0 Å². The fraction of sp³-hybridized carbons (Fsp3) is 0.571. The van der Waals surface area contributed by atoms with Gasteiger partial charge in [0.15, 0.2) is 5.79 Å². The molecule has 4 nitrogen and oxygen atoms in total. The van der Waals surface area contributed by atoms with Crippen LogP contribution in [-0.4, -0.2) is 36.3 Å². The van der Waals surface area contributed by atoms with E-state index in [-0.39, 0.29) is 12.7 Å². The Kier molecular flexibility index (Phi) is 4.35. The Morgan fingerprint density at radius 3 is 2.72 bits per heavy atom. The normalized spacial score (nSPS) is 24.1. The van der Waals surface area contributed by atoms with E-state index in [1.807, 2.05) is 44.2 Å². The van der Waals surface area contributed by atoms with Crippen molar-refractivity contribution >= 4 is 0 Å². The van der Waals surface area contributed by atoms with Crippen molar-refractivity contribution in [2.45, 2.75) is 38.4 Å². The Hall–Kier alpha value is -0.940. The van der Waals surface area contributed by atoms with Gasteiger partial charge in [0.05, 0.1) is 19.8 Å². The Morgan fingerprint density at radius 2 is 2.11 bits per heavy atom. The highest BCUT2D eigenvalue weighted by Crippen LogP contribution is 2.24. The van der Waals surface area contributed by atoms with Gasteiger partial charge in [-0.1, -0.05) is 30.3 Å². The molecule has 1 aliphatic heterocycles. The zero-order chi connectivity index (χ0) is 13.0. The van der Waals surface area contributed by atoms with Gasteiger partial charge in [-0.05, 0) is 19.4 Å². The molecule has 1 aromatic rings. The van der Waals surface area contributed by atoms with E-state index in [4.69, 9.17) is 14.2 Å². The fourth-order valence-corrected chi connectivity index (χ4v) is 1.88. The van der Waals surface area contributed by atoms with Crippen molar-refractivity contribution in [3.8, 4) is 0 Å². The van der Waals surface area contributed by atoms with Crippen LogP contribution in [0.5, 0.6) is 0 Å². The van der Waals surface area contributed by atoms with Crippen LogP contribution in [0.4, 0.5) is 0 Å². The zero-order valence-corrected chi connectivity index (χ0v) is 10.8. The van der Waals surface area contributed by atoms with Gasteiger partial charge >= 0.3 is 0 Å². The number of aliphatic hydroxyl groups is 1. The lowest BCUT2D eigenvalue weighted by Gasteiger charge is -2.20. The van der Waals surface area contributed by atoms with E-state index in [0.29, 0.717) is 13.2 Å². The molecule has 1 aliphatic rings. The summed E-state index contributed by atoms with van der Waals surface area (Å²) in [6, 6.07) is 9.87. The number of rotatable bonds is 5. The van der Waals surface area contributed by atoms with Crippen LogP contribution in [0.2, 0.25) is 0 Å². The minimum Gasteiger partial charge on any atom is -0.388 e. The van der Waals surface area contributed by atoms with Crippen molar-refractivity contribution < 1.29 is 19.3 Å². The van der Waals surface area contributed by atoms with Crippen LogP contribution >= 0.6 is 0 Å². The highest BCUT2D eigenvalue weighted by atomic mass is 16.7. The number of hydrogen-bond donors (Lipinski definition) is 1. The molecule has 1 heterocycles. The third-order valence-corrected chi connectivity index (χ3v) is 2.86. The van der Waals surface area contributed by atoms with Gasteiger partial charge in [0.1, 0.15) is 12.2 Å². The maximum atomic E-state index is 9.93. The van der Waals surface area contributed by atoms with Crippen molar-refractivity contribution in [1.29, 1.82) is 0 Å².